The summed E-state index contributed by atoms with van der Waals surface area (Å²) in [7, 11) is 0. The van der Waals surface area contributed by atoms with Gasteiger partial charge in [-0.2, -0.15) is 0 Å². The Hall–Kier alpha value is -5.88. The molecule has 0 aliphatic heterocycles. The zero-order valence-corrected chi connectivity index (χ0v) is 33.1. The van der Waals surface area contributed by atoms with Gasteiger partial charge in [-0.1, -0.05) is 72.8 Å². The average Bonchev–Trinajstić information content (AvgIpc) is 3.11. The molecule has 55 heavy (non-hydrogen) atoms. The normalized spacial score (nSPS) is 11.3. The van der Waals surface area contributed by atoms with Crippen LogP contribution in [0, 0.1) is 55.4 Å². The molecule has 0 amide bonds. The minimum Gasteiger partial charge on any atom is -0.507 e. The molecule has 0 aliphatic carbocycles. The Kier molecular flexibility index (Phi) is 10.9. The van der Waals surface area contributed by atoms with Crippen molar-refractivity contribution in [1.29, 1.82) is 0 Å². The molecule has 0 atom stereocenters. The van der Waals surface area contributed by atoms with E-state index in [2.05, 4.69) is 24.3 Å². The Morgan fingerprint density at radius 1 is 0.236 bits per heavy atom. The third kappa shape index (κ3) is 8.44. The van der Waals surface area contributed by atoms with Gasteiger partial charge in [0.05, 0.1) is 0 Å². The molecular formula is C49H52O6. The first-order valence-electron chi connectivity index (χ1n) is 18.8. The van der Waals surface area contributed by atoms with E-state index in [9.17, 15) is 30.6 Å². The minimum atomic E-state index is 0.221. The van der Waals surface area contributed by atoms with Crippen LogP contribution < -0.4 is 0 Å². The van der Waals surface area contributed by atoms with Crippen molar-refractivity contribution in [1.82, 2.24) is 0 Å². The molecule has 6 heteroatoms. The van der Waals surface area contributed by atoms with Crippen molar-refractivity contribution in [3.8, 4) is 34.5 Å². The molecule has 6 rings (SSSR count). The van der Waals surface area contributed by atoms with Crippen molar-refractivity contribution < 1.29 is 30.6 Å². The highest BCUT2D eigenvalue weighted by Crippen LogP contribution is 2.36. The van der Waals surface area contributed by atoms with Gasteiger partial charge in [-0.15, -0.1) is 0 Å². The van der Waals surface area contributed by atoms with Crippen LogP contribution in [-0.4, -0.2) is 30.6 Å². The van der Waals surface area contributed by atoms with Crippen molar-refractivity contribution in [3.05, 3.63) is 173 Å². The SMILES string of the molecule is Cc1cc(Cc2cc(Cc3cc(Cc4cc(C)c(O)c(C)c4)c(O)c(Cc4cc(C)c(O)c(C)c4)c3)cc(Cc3cc(C)c(O)c(C)c3)c2O)cc(C)c1O. The summed E-state index contributed by atoms with van der Waals surface area (Å²) in [5.74, 6) is 1.53. The van der Waals surface area contributed by atoms with Crippen molar-refractivity contribution in [2.45, 2.75) is 87.5 Å². The molecule has 0 bridgehead atoms. The summed E-state index contributed by atoms with van der Waals surface area (Å²) in [5.41, 5.74) is 15.3. The number of rotatable bonds is 10. The highest BCUT2D eigenvalue weighted by molar-refractivity contribution is 5.55. The summed E-state index contributed by atoms with van der Waals surface area (Å²) < 4.78 is 0. The van der Waals surface area contributed by atoms with Crippen LogP contribution in [0.3, 0.4) is 0 Å². The van der Waals surface area contributed by atoms with Gasteiger partial charge in [0, 0.05) is 25.7 Å². The molecule has 0 radical (unpaired) electrons. The fraction of sp³-hybridized carbons (Fsp3) is 0.265. The quantitative estimate of drug-likeness (QED) is 0.0833. The van der Waals surface area contributed by atoms with Crippen LogP contribution in [0.25, 0.3) is 0 Å². The second kappa shape index (κ2) is 15.5. The number of aromatic hydroxyl groups is 6. The third-order valence-corrected chi connectivity index (χ3v) is 10.8. The molecule has 6 aromatic carbocycles. The molecule has 0 fully saturated rings. The zero-order chi connectivity index (χ0) is 39.9. The molecule has 0 saturated heterocycles. The summed E-state index contributed by atoms with van der Waals surface area (Å²) in [6.45, 7) is 15.0. The largest absolute Gasteiger partial charge is 0.507 e. The Morgan fingerprint density at radius 3 is 0.582 bits per heavy atom. The number of benzene rings is 6. The van der Waals surface area contributed by atoms with Crippen molar-refractivity contribution in [2.75, 3.05) is 0 Å². The predicted octanol–water partition coefficient (Wildman–Crippen LogP) is 10.3. The lowest BCUT2D eigenvalue weighted by atomic mass is 9.89. The highest BCUT2D eigenvalue weighted by Gasteiger charge is 2.18. The third-order valence-electron chi connectivity index (χ3n) is 10.8. The number of phenols is 6. The molecule has 0 spiro atoms. The van der Waals surface area contributed by atoms with E-state index >= 15 is 0 Å². The van der Waals surface area contributed by atoms with E-state index in [0.717, 1.165) is 100 Å². The summed E-state index contributed by atoms with van der Waals surface area (Å²) in [6.07, 6.45) is 2.39. The second-order valence-electron chi connectivity index (χ2n) is 15.7. The summed E-state index contributed by atoms with van der Waals surface area (Å²) in [6, 6.07) is 23.9. The Bertz CT molecular complexity index is 2030. The van der Waals surface area contributed by atoms with Gasteiger partial charge in [-0.3, -0.25) is 0 Å². The number of aryl methyl sites for hydroxylation is 8. The van der Waals surface area contributed by atoms with Crippen LogP contribution in [0.2, 0.25) is 0 Å². The van der Waals surface area contributed by atoms with Gasteiger partial charge in [-0.25, -0.2) is 0 Å². The molecule has 0 aromatic heterocycles. The smallest absolute Gasteiger partial charge is 0.122 e. The maximum atomic E-state index is 11.8. The lowest BCUT2D eigenvalue weighted by Gasteiger charge is -2.18. The Labute approximate surface area is 324 Å². The molecular weight excluding hydrogens is 685 g/mol. The molecule has 0 unspecified atom stereocenters. The average molecular weight is 737 g/mol. The molecule has 0 aliphatic rings. The highest BCUT2D eigenvalue weighted by atomic mass is 16.3. The summed E-state index contributed by atoms with van der Waals surface area (Å²) >= 11 is 0. The molecule has 0 heterocycles. The van der Waals surface area contributed by atoms with Gasteiger partial charge in [0.1, 0.15) is 34.5 Å². The molecule has 6 nitrogen and oxygen atoms in total. The Morgan fingerprint density at radius 2 is 0.400 bits per heavy atom. The summed E-state index contributed by atoms with van der Waals surface area (Å²) in [4.78, 5) is 0. The molecule has 284 valence electrons. The van der Waals surface area contributed by atoms with Crippen molar-refractivity contribution >= 4 is 0 Å². The number of hydrogen-bond acceptors (Lipinski definition) is 6. The van der Waals surface area contributed by atoms with Crippen molar-refractivity contribution in [3.63, 3.8) is 0 Å². The number of hydrogen-bond donors (Lipinski definition) is 6. The monoisotopic (exact) mass is 736 g/mol. The Balaban J connectivity index is 1.46. The van der Waals surface area contributed by atoms with E-state index in [-0.39, 0.29) is 34.5 Å². The fourth-order valence-electron chi connectivity index (χ4n) is 8.11. The van der Waals surface area contributed by atoms with E-state index in [1.165, 1.54) is 0 Å². The topological polar surface area (TPSA) is 121 Å². The van der Waals surface area contributed by atoms with Crippen LogP contribution in [0.4, 0.5) is 0 Å². The van der Waals surface area contributed by atoms with Gasteiger partial charge >= 0.3 is 0 Å². The molecule has 6 N–H and O–H groups in total. The maximum Gasteiger partial charge on any atom is 0.122 e. The van der Waals surface area contributed by atoms with Crippen LogP contribution in [0.5, 0.6) is 34.5 Å². The lowest BCUT2D eigenvalue weighted by Crippen LogP contribution is -2.02. The van der Waals surface area contributed by atoms with E-state index in [1.807, 2.05) is 104 Å². The molecule has 6 aromatic rings. The van der Waals surface area contributed by atoms with E-state index in [1.54, 1.807) is 0 Å². The fourth-order valence-corrected chi connectivity index (χ4v) is 8.11. The standard InChI is InChI=1S/C49H52O6/c1-26-9-34(10-27(2)44(26)50)18-40-22-38(23-41(48(40)54)19-35-11-28(3)45(51)29(4)12-35)17-39-24-42(20-36-13-30(5)46(52)31(6)14-36)49(55)43(25-39)21-37-15-32(7)47(53)33(8)16-37/h9-16,22-25,50-55H,17-21H2,1-8H3. The summed E-state index contributed by atoms with van der Waals surface area (Å²) in [5, 5.41) is 65.4. The maximum absolute atomic E-state index is 11.8. The number of phenolic OH excluding ortho intramolecular Hbond substituents is 6. The van der Waals surface area contributed by atoms with Crippen LogP contribution in [0.1, 0.15) is 100 Å². The predicted molar refractivity (Wildman–Crippen MR) is 221 cm³/mol. The van der Waals surface area contributed by atoms with Crippen LogP contribution >= 0.6 is 0 Å². The van der Waals surface area contributed by atoms with Crippen LogP contribution in [-0.2, 0) is 32.1 Å². The molecule has 0 saturated carbocycles. The zero-order valence-electron chi connectivity index (χ0n) is 33.1. The van der Waals surface area contributed by atoms with Gasteiger partial charge in [0.2, 0.25) is 0 Å². The lowest BCUT2D eigenvalue weighted by molar-refractivity contribution is 0.462. The van der Waals surface area contributed by atoms with Gasteiger partial charge in [0.25, 0.3) is 0 Å². The van der Waals surface area contributed by atoms with E-state index in [0.29, 0.717) is 32.1 Å². The first kappa shape index (κ1) is 38.8. The minimum absolute atomic E-state index is 0.221. The first-order chi connectivity index (χ1) is 26.0. The van der Waals surface area contributed by atoms with Crippen molar-refractivity contribution in [2.24, 2.45) is 0 Å². The van der Waals surface area contributed by atoms with Gasteiger partial charge < -0.3 is 30.6 Å². The second-order valence-corrected chi connectivity index (χ2v) is 15.7. The van der Waals surface area contributed by atoms with Crippen LogP contribution in [0.15, 0.2) is 72.8 Å². The van der Waals surface area contributed by atoms with Gasteiger partial charge in [0.15, 0.2) is 0 Å². The first-order valence-corrected chi connectivity index (χ1v) is 18.8. The van der Waals surface area contributed by atoms with Gasteiger partial charge in [-0.05, 0) is 162 Å². The van der Waals surface area contributed by atoms with E-state index in [4.69, 9.17) is 0 Å². The van der Waals surface area contributed by atoms with E-state index < -0.39 is 0 Å².